The molecule has 29 heavy (non-hydrogen) atoms. The van der Waals surface area contributed by atoms with Crippen molar-refractivity contribution in [3.8, 4) is 17.0 Å². The second kappa shape index (κ2) is 6.73. The quantitative estimate of drug-likeness (QED) is 0.680. The SMILES string of the molecule is COc1ccc(-c2cccc(N)c2)n2nc(C3(C(=O)N4CCOCC4)CC3)nc12. The fourth-order valence-corrected chi connectivity index (χ4v) is 3.95. The van der Waals surface area contributed by atoms with Crippen LogP contribution in [0.2, 0.25) is 0 Å². The maximum absolute atomic E-state index is 13.2. The number of nitrogen functional groups attached to an aromatic ring is 1. The minimum absolute atomic E-state index is 0.0983. The molecule has 1 saturated carbocycles. The lowest BCUT2D eigenvalue weighted by molar-refractivity contribution is -0.138. The molecule has 0 atom stereocenters. The van der Waals surface area contributed by atoms with Gasteiger partial charge in [-0.1, -0.05) is 12.1 Å². The summed E-state index contributed by atoms with van der Waals surface area (Å²) in [6, 6.07) is 11.4. The summed E-state index contributed by atoms with van der Waals surface area (Å²) in [7, 11) is 1.61. The van der Waals surface area contributed by atoms with Crippen LogP contribution < -0.4 is 10.5 Å². The Morgan fingerprint density at radius 1 is 1.21 bits per heavy atom. The zero-order chi connectivity index (χ0) is 20.0. The number of nitrogens with two attached hydrogens (primary N) is 1. The molecule has 8 heteroatoms. The lowest BCUT2D eigenvalue weighted by atomic mass is 10.0. The number of morpholine rings is 1. The Kier molecular flexibility index (Phi) is 4.16. The number of methoxy groups -OCH3 is 1. The summed E-state index contributed by atoms with van der Waals surface area (Å²) in [6.45, 7) is 2.39. The van der Waals surface area contributed by atoms with Crippen LogP contribution in [0.1, 0.15) is 18.7 Å². The van der Waals surface area contributed by atoms with Crippen molar-refractivity contribution in [2.45, 2.75) is 18.3 Å². The van der Waals surface area contributed by atoms with E-state index >= 15 is 0 Å². The van der Waals surface area contributed by atoms with Gasteiger partial charge in [-0.15, -0.1) is 5.10 Å². The van der Waals surface area contributed by atoms with E-state index in [0.717, 1.165) is 24.1 Å². The molecule has 2 fully saturated rings. The van der Waals surface area contributed by atoms with E-state index in [9.17, 15) is 4.79 Å². The van der Waals surface area contributed by atoms with Gasteiger partial charge in [0.1, 0.15) is 5.41 Å². The van der Waals surface area contributed by atoms with Gasteiger partial charge in [0.15, 0.2) is 17.2 Å². The molecule has 2 aliphatic rings. The summed E-state index contributed by atoms with van der Waals surface area (Å²) in [4.78, 5) is 19.9. The van der Waals surface area contributed by atoms with E-state index in [2.05, 4.69) is 0 Å². The van der Waals surface area contributed by atoms with Crippen molar-refractivity contribution in [3.05, 3.63) is 42.2 Å². The second-order valence-corrected chi connectivity index (χ2v) is 7.57. The van der Waals surface area contributed by atoms with Crippen LogP contribution in [-0.2, 0) is 14.9 Å². The van der Waals surface area contributed by atoms with Gasteiger partial charge in [0.25, 0.3) is 0 Å². The van der Waals surface area contributed by atoms with E-state index in [1.807, 2.05) is 41.3 Å². The number of amides is 1. The topological polar surface area (TPSA) is 95.0 Å². The first kappa shape index (κ1) is 17.9. The monoisotopic (exact) mass is 393 g/mol. The lowest BCUT2D eigenvalue weighted by Gasteiger charge is -2.29. The van der Waals surface area contributed by atoms with Crippen LogP contribution in [-0.4, -0.2) is 58.8 Å². The summed E-state index contributed by atoms with van der Waals surface area (Å²) in [6.07, 6.45) is 1.52. The number of benzene rings is 1. The summed E-state index contributed by atoms with van der Waals surface area (Å²) < 4.78 is 12.7. The highest BCUT2D eigenvalue weighted by atomic mass is 16.5. The summed E-state index contributed by atoms with van der Waals surface area (Å²) in [5.41, 5.74) is 8.39. The molecule has 1 amide bonds. The smallest absolute Gasteiger partial charge is 0.236 e. The maximum atomic E-state index is 13.2. The van der Waals surface area contributed by atoms with Crippen molar-refractivity contribution in [1.82, 2.24) is 19.5 Å². The first-order chi connectivity index (χ1) is 14.1. The molecule has 0 spiro atoms. The van der Waals surface area contributed by atoms with Crippen molar-refractivity contribution in [3.63, 3.8) is 0 Å². The molecule has 2 aromatic heterocycles. The minimum atomic E-state index is -0.638. The second-order valence-electron chi connectivity index (χ2n) is 7.57. The number of hydrogen-bond acceptors (Lipinski definition) is 6. The van der Waals surface area contributed by atoms with Gasteiger partial charge in [-0.3, -0.25) is 4.79 Å². The number of carbonyl (C=O) groups excluding carboxylic acids is 1. The van der Waals surface area contributed by atoms with Crippen LogP contribution in [0, 0.1) is 0 Å². The first-order valence-electron chi connectivity index (χ1n) is 9.80. The molecule has 5 rings (SSSR count). The Morgan fingerprint density at radius 3 is 2.69 bits per heavy atom. The number of anilines is 1. The molecule has 1 aromatic carbocycles. The van der Waals surface area contributed by atoms with Gasteiger partial charge >= 0.3 is 0 Å². The van der Waals surface area contributed by atoms with E-state index in [4.69, 9.17) is 25.3 Å². The third-order valence-electron chi connectivity index (χ3n) is 5.74. The Hall–Kier alpha value is -3.13. The predicted octanol–water partition coefficient (Wildman–Crippen LogP) is 1.88. The average Bonchev–Trinajstić information content (AvgIpc) is 3.44. The molecule has 0 radical (unpaired) electrons. The Labute approximate surface area is 168 Å². The zero-order valence-corrected chi connectivity index (χ0v) is 16.3. The predicted molar refractivity (Wildman–Crippen MR) is 108 cm³/mol. The van der Waals surface area contributed by atoms with Gasteiger partial charge in [0, 0.05) is 24.3 Å². The Morgan fingerprint density at radius 2 is 2.00 bits per heavy atom. The van der Waals surface area contributed by atoms with Gasteiger partial charge in [-0.25, -0.2) is 9.50 Å². The van der Waals surface area contributed by atoms with Crippen LogP contribution in [0.5, 0.6) is 5.75 Å². The largest absolute Gasteiger partial charge is 0.493 e. The molecule has 0 bridgehead atoms. The lowest BCUT2D eigenvalue weighted by Crippen LogP contribution is -2.46. The number of carbonyl (C=O) groups is 1. The summed E-state index contributed by atoms with van der Waals surface area (Å²) in [5.74, 6) is 1.27. The molecule has 1 aliphatic carbocycles. The summed E-state index contributed by atoms with van der Waals surface area (Å²) in [5, 5.41) is 4.78. The van der Waals surface area contributed by atoms with Crippen molar-refractivity contribution in [2.24, 2.45) is 0 Å². The van der Waals surface area contributed by atoms with Gasteiger partial charge in [0.2, 0.25) is 5.91 Å². The minimum Gasteiger partial charge on any atom is -0.493 e. The van der Waals surface area contributed by atoms with Crippen LogP contribution in [0.4, 0.5) is 5.69 Å². The molecule has 0 unspecified atom stereocenters. The number of ether oxygens (including phenoxy) is 2. The van der Waals surface area contributed by atoms with Crippen LogP contribution in [0.15, 0.2) is 36.4 Å². The number of hydrogen-bond donors (Lipinski definition) is 1. The Bertz CT molecular complexity index is 1080. The molecule has 1 aliphatic heterocycles. The van der Waals surface area contributed by atoms with Gasteiger partial charge in [-0.2, -0.15) is 0 Å². The zero-order valence-electron chi connectivity index (χ0n) is 16.3. The normalized spacial score (nSPS) is 18.0. The molecule has 3 heterocycles. The standard InChI is InChI=1S/C21H23N5O3/c1-28-17-6-5-16(14-3-2-4-15(22)13-14)26-18(17)23-19(24-26)21(7-8-21)20(27)25-9-11-29-12-10-25/h2-6,13H,7-12,22H2,1H3. The number of rotatable bonds is 4. The molecule has 1 saturated heterocycles. The van der Waals surface area contributed by atoms with Crippen LogP contribution in [0.25, 0.3) is 16.9 Å². The van der Waals surface area contributed by atoms with Crippen molar-refractivity contribution in [2.75, 3.05) is 39.1 Å². The van der Waals surface area contributed by atoms with E-state index < -0.39 is 5.41 Å². The molecule has 150 valence electrons. The van der Waals surface area contributed by atoms with E-state index in [0.29, 0.717) is 49.2 Å². The molecular weight excluding hydrogens is 370 g/mol. The maximum Gasteiger partial charge on any atom is 0.236 e. The van der Waals surface area contributed by atoms with Gasteiger partial charge in [-0.05, 0) is 37.1 Å². The number of pyridine rings is 1. The fourth-order valence-electron chi connectivity index (χ4n) is 3.95. The van der Waals surface area contributed by atoms with Crippen LogP contribution in [0.3, 0.4) is 0 Å². The van der Waals surface area contributed by atoms with E-state index in [1.165, 1.54) is 0 Å². The highest BCUT2D eigenvalue weighted by Crippen LogP contribution is 2.49. The van der Waals surface area contributed by atoms with E-state index in [1.54, 1.807) is 11.6 Å². The third kappa shape index (κ3) is 2.91. The van der Waals surface area contributed by atoms with Crippen molar-refractivity contribution < 1.29 is 14.3 Å². The number of nitrogens with zero attached hydrogens (tertiary/aromatic N) is 4. The number of aromatic nitrogens is 3. The molecular formula is C21H23N5O3. The summed E-state index contributed by atoms with van der Waals surface area (Å²) >= 11 is 0. The third-order valence-corrected chi connectivity index (χ3v) is 5.74. The van der Waals surface area contributed by atoms with Crippen molar-refractivity contribution >= 4 is 17.2 Å². The molecule has 8 nitrogen and oxygen atoms in total. The highest BCUT2D eigenvalue weighted by Gasteiger charge is 2.56. The highest BCUT2D eigenvalue weighted by molar-refractivity contribution is 5.90. The molecule has 2 N–H and O–H groups in total. The van der Waals surface area contributed by atoms with E-state index in [-0.39, 0.29) is 5.91 Å². The Balaban J connectivity index is 1.61. The van der Waals surface area contributed by atoms with Crippen LogP contribution >= 0.6 is 0 Å². The fraction of sp³-hybridized carbons (Fsp3) is 0.381. The average molecular weight is 393 g/mol. The molecule has 3 aromatic rings. The van der Waals surface area contributed by atoms with Gasteiger partial charge in [0.05, 0.1) is 26.0 Å². The first-order valence-corrected chi connectivity index (χ1v) is 9.80. The number of fused-ring (bicyclic) bond motifs is 1. The van der Waals surface area contributed by atoms with Crippen molar-refractivity contribution in [1.29, 1.82) is 0 Å². The van der Waals surface area contributed by atoms with Gasteiger partial charge < -0.3 is 20.1 Å².